The van der Waals surface area contributed by atoms with Crippen molar-refractivity contribution in [3.8, 4) is 0 Å². The van der Waals surface area contributed by atoms with Crippen LogP contribution in [0.1, 0.15) is 13.8 Å². The zero-order valence-electron chi connectivity index (χ0n) is 4.34. The number of hydrogen-bond acceptors (Lipinski definition) is 2. The fourth-order valence-corrected chi connectivity index (χ4v) is 0.0696. The van der Waals surface area contributed by atoms with Crippen molar-refractivity contribution in [2.45, 2.75) is 20.0 Å². The molecule has 0 aliphatic carbocycles. The van der Waals surface area contributed by atoms with Crippen molar-refractivity contribution in [3.63, 3.8) is 0 Å². The van der Waals surface area contributed by atoms with Crippen molar-refractivity contribution in [3.05, 3.63) is 0 Å². The molecule has 1 atom stereocenters. The molecule has 0 rings (SSSR count). The highest BCUT2D eigenvalue weighted by molar-refractivity contribution is 5.79. The third-order valence-corrected chi connectivity index (χ3v) is 0.720. The van der Waals surface area contributed by atoms with E-state index in [1.54, 1.807) is 0 Å². The van der Waals surface area contributed by atoms with Crippen LogP contribution in [-0.4, -0.2) is 17.0 Å². The molecule has 0 heterocycles. The highest BCUT2D eigenvalue weighted by Crippen LogP contribution is 1.78. The molecule has 0 aliphatic rings. The van der Waals surface area contributed by atoms with E-state index >= 15 is 0 Å². The van der Waals surface area contributed by atoms with E-state index in [-0.39, 0.29) is 5.78 Å². The Bertz CT molecular complexity index is 75.0. The number of hydrogen-bond donors (Lipinski definition) is 1. The Morgan fingerprint density at radius 3 is 2.29 bits per heavy atom. The molecule has 0 radical (unpaired) electrons. The first-order valence-corrected chi connectivity index (χ1v) is 2.00. The Morgan fingerprint density at radius 2 is 2.29 bits per heavy atom. The fourth-order valence-electron chi connectivity index (χ4n) is 0.0696. The molecule has 0 aromatic rings. The summed E-state index contributed by atoms with van der Waals surface area (Å²) in [6, 6.07) is 0. The minimum absolute atomic E-state index is 0.0972. The lowest BCUT2D eigenvalue weighted by atomic mass is 10.3. The van der Waals surface area contributed by atoms with Crippen LogP contribution in [0.25, 0.3) is 0 Å². The third kappa shape index (κ3) is 2.17. The van der Waals surface area contributed by atoms with E-state index in [0.717, 1.165) is 0 Å². The van der Waals surface area contributed by atoms with Gasteiger partial charge in [-0.05, 0) is 6.92 Å². The maximum atomic E-state index is 9.37. The van der Waals surface area contributed by atoms with Crippen LogP contribution in [0.5, 0.6) is 0 Å². The second kappa shape index (κ2) is 2.58. The standard InChI is InChI=1S/C4H8O3/c1-3(5)4(2)7-6/h3,5H,1-2H3. The van der Waals surface area contributed by atoms with Gasteiger partial charge in [0.15, 0.2) is 6.10 Å². The van der Waals surface area contributed by atoms with Crippen LogP contribution in [0.4, 0.5) is 0 Å². The number of aliphatic hydroxyl groups excluding tert-OH is 1. The number of ketones is 1. The van der Waals surface area contributed by atoms with E-state index in [4.69, 9.17) is 5.11 Å². The lowest BCUT2D eigenvalue weighted by molar-refractivity contribution is -1.05. The summed E-state index contributed by atoms with van der Waals surface area (Å²) in [5.41, 5.74) is 0. The highest BCUT2D eigenvalue weighted by Gasteiger charge is 2.08. The maximum absolute atomic E-state index is 9.37. The topological polar surface area (TPSA) is 54.6 Å². The number of aliphatic hydroxyl groups is 1. The van der Waals surface area contributed by atoms with Crippen molar-refractivity contribution in [1.82, 2.24) is 0 Å². The van der Waals surface area contributed by atoms with Gasteiger partial charge in [0.25, 0.3) is 0 Å². The molecule has 0 aromatic carbocycles. The summed E-state index contributed by atoms with van der Waals surface area (Å²) >= 11 is 0. The summed E-state index contributed by atoms with van der Waals surface area (Å²) in [6.07, 6.45) is -0.752. The Hall–Kier alpha value is -0.570. The Morgan fingerprint density at radius 1 is 1.86 bits per heavy atom. The summed E-state index contributed by atoms with van der Waals surface area (Å²) in [7, 11) is 0. The van der Waals surface area contributed by atoms with Crippen LogP contribution in [0, 0.1) is 0 Å². The Kier molecular flexibility index (Phi) is 2.37. The average Bonchev–Trinajstić information content (AvgIpc) is 1.65. The summed E-state index contributed by atoms with van der Waals surface area (Å²) < 4.78 is 3.43. The van der Waals surface area contributed by atoms with Crippen LogP contribution >= 0.6 is 0 Å². The molecule has 0 spiro atoms. The van der Waals surface area contributed by atoms with E-state index < -0.39 is 6.10 Å². The quantitative estimate of drug-likeness (QED) is 0.257. The van der Waals surface area contributed by atoms with Crippen molar-refractivity contribution in [2.24, 2.45) is 0 Å². The molecule has 7 heavy (non-hydrogen) atoms. The maximum Gasteiger partial charge on any atom is 0.354 e. The molecule has 0 bridgehead atoms. The molecule has 3 nitrogen and oxygen atoms in total. The van der Waals surface area contributed by atoms with Crippen LogP contribution in [-0.2, 0) is 4.58 Å². The van der Waals surface area contributed by atoms with Gasteiger partial charge in [-0.15, -0.1) is 0 Å². The van der Waals surface area contributed by atoms with Crippen molar-refractivity contribution in [1.29, 1.82) is 0 Å². The minimum Gasteiger partial charge on any atom is -0.463 e. The normalized spacial score (nSPS) is 16.7. The summed E-state index contributed by atoms with van der Waals surface area (Å²) in [6.45, 7) is 2.89. The SMILES string of the molecule is CC(=[O+][O-])C(C)O. The van der Waals surface area contributed by atoms with Gasteiger partial charge in [0.05, 0.1) is 6.92 Å². The van der Waals surface area contributed by atoms with Gasteiger partial charge in [0.2, 0.25) is 0 Å². The van der Waals surface area contributed by atoms with E-state index in [1.807, 2.05) is 0 Å². The lowest BCUT2D eigenvalue weighted by Gasteiger charge is -1.87. The van der Waals surface area contributed by atoms with Crippen LogP contribution in [0.3, 0.4) is 0 Å². The first kappa shape index (κ1) is 6.43. The number of rotatable bonds is 1. The molecule has 1 unspecified atom stereocenters. The van der Waals surface area contributed by atoms with Crippen molar-refractivity contribution < 1.29 is 14.9 Å². The molecular weight excluding hydrogens is 96.0 g/mol. The average molecular weight is 104 g/mol. The molecule has 42 valence electrons. The van der Waals surface area contributed by atoms with E-state index in [1.165, 1.54) is 13.8 Å². The van der Waals surface area contributed by atoms with Gasteiger partial charge in [-0.1, -0.05) is 0 Å². The molecular formula is C4H8O3. The predicted molar refractivity (Wildman–Crippen MR) is 22.4 cm³/mol. The Labute approximate surface area is 41.8 Å². The smallest absolute Gasteiger partial charge is 0.354 e. The summed E-state index contributed by atoms with van der Waals surface area (Å²) in [4.78, 5) is 0. The second-order valence-corrected chi connectivity index (χ2v) is 1.37. The largest absolute Gasteiger partial charge is 0.463 e. The van der Waals surface area contributed by atoms with Gasteiger partial charge < -0.3 is 10.4 Å². The first-order valence-electron chi connectivity index (χ1n) is 2.00. The van der Waals surface area contributed by atoms with Crippen LogP contribution in [0.2, 0.25) is 0 Å². The van der Waals surface area contributed by atoms with Crippen molar-refractivity contribution >= 4 is 5.78 Å². The molecule has 1 N–H and O–H groups in total. The molecule has 0 aliphatic heterocycles. The summed E-state index contributed by atoms with van der Waals surface area (Å²) in [5, 5.41) is 17.8. The zero-order valence-corrected chi connectivity index (χ0v) is 4.34. The van der Waals surface area contributed by atoms with Gasteiger partial charge in [-0.25, -0.2) is 0 Å². The molecule has 0 saturated carbocycles. The van der Waals surface area contributed by atoms with Gasteiger partial charge in [-0.3, -0.25) is 0 Å². The van der Waals surface area contributed by atoms with E-state index in [2.05, 4.69) is 4.58 Å². The van der Waals surface area contributed by atoms with Crippen LogP contribution < -0.4 is 5.26 Å². The fraction of sp³-hybridized carbons (Fsp3) is 0.750. The Balaban J connectivity index is 3.56. The third-order valence-electron chi connectivity index (χ3n) is 0.720. The van der Waals surface area contributed by atoms with Gasteiger partial charge >= 0.3 is 5.78 Å². The van der Waals surface area contributed by atoms with Crippen LogP contribution in [0.15, 0.2) is 0 Å². The molecule has 0 aromatic heterocycles. The van der Waals surface area contributed by atoms with Gasteiger partial charge in [0, 0.05) is 0 Å². The molecule has 0 amide bonds. The van der Waals surface area contributed by atoms with Gasteiger partial charge in [0.1, 0.15) is 0 Å². The first-order chi connectivity index (χ1) is 3.18. The predicted octanol–water partition coefficient (Wildman–Crippen LogP) is -1.23. The van der Waals surface area contributed by atoms with Gasteiger partial charge in [-0.2, -0.15) is 4.58 Å². The summed E-state index contributed by atoms with van der Waals surface area (Å²) in [5.74, 6) is 0.0972. The van der Waals surface area contributed by atoms with Crippen molar-refractivity contribution in [2.75, 3.05) is 0 Å². The lowest BCUT2D eigenvalue weighted by Crippen LogP contribution is -2.18. The monoisotopic (exact) mass is 104 g/mol. The molecule has 3 heteroatoms. The van der Waals surface area contributed by atoms with E-state index in [9.17, 15) is 5.26 Å². The number of carbonyl (C=O) groups excluding carboxylic acids is 1. The highest BCUT2D eigenvalue weighted by atomic mass is 17.1. The van der Waals surface area contributed by atoms with E-state index in [0.29, 0.717) is 0 Å². The molecule has 0 saturated heterocycles. The minimum atomic E-state index is -0.752. The second-order valence-electron chi connectivity index (χ2n) is 1.37. The zero-order chi connectivity index (χ0) is 5.86. The molecule has 0 fully saturated rings.